The van der Waals surface area contributed by atoms with Gasteiger partial charge >= 0.3 is 12.1 Å². The van der Waals surface area contributed by atoms with E-state index in [0.29, 0.717) is 5.75 Å². The summed E-state index contributed by atoms with van der Waals surface area (Å²) in [6.07, 6.45) is -0.717. The molecule has 0 bridgehead atoms. The molecule has 24 heavy (non-hydrogen) atoms. The Morgan fingerprint density at radius 2 is 1.79 bits per heavy atom. The second kappa shape index (κ2) is 8.19. The van der Waals surface area contributed by atoms with Gasteiger partial charge < -0.3 is 24.8 Å². The van der Waals surface area contributed by atoms with Crippen molar-refractivity contribution >= 4 is 23.7 Å². The monoisotopic (exact) mass is 338 g/mol. The first-order chi connectivity index (χ1) is 11.2. The number of methoxy groups -OCH3 is 2. The molecule has 0 atom stereocenters. The van der Waals surface area contributed by atoms with Gasteiger partial charge in [-0.1, -0.05) is 6.07 Å². The van der Waals surface area contributed by atoms with Gasteiger partial charge in [-0.3, -0.25) is 4.79 Å². The van der Waals surface area contributed by atoms with Crippen molar-refractivity contribution in [2.45, 2.75) is 26.4 Å². The highest BCUT2D eigenvalue weighted by Crippen LogP contribution is 2.28. The van der Waals surface area contributed by atoms with Crippen molar-refractivity contribution in [2.75, 3.05) is 26.1 Å². The van der Waals surface area contributed by atoms with Gasteiger partial charge in [-0.15, -0.1) is 0 Å². The standard InChI is InChI=1S/C16H22N2O6/c1-16(2,3)24-15(21)17-9-12(19)18-13-10(14(20)23-5)7-6-8-11(13)22-4/h6-8H,9H2,1-5H3,(H,17,21)(H,18,19). The number of alkyl carbamates (subject to hydrolysis) is 1. The van der Waals surface area contributed by atoms with E-state index in [4.69, 9.17) is 9.47 Å². The van der Waals surface area contributed by atoms with E-state index >= 15 is 0 Å². The number of rotatable bonds is 5. The summed E-state index contributed by atoms with van der Waals surface area (Å²) in [4.78, 5) is 35.4. The normalized spacial score (nSPS) is 10.5. The van der Waals surface area contributed by atoms with E-state index in [9.17, 15) is 14.4 Å². The van der Waals surface area contributed by atoms with E-state index < -0.39 is 23.6 Å². The topological polar surface area (TPSA) is 103 Å². The van der Waals surface area contributed by atoms with Gasteiger partial charge in [-0.05, 0) is 32.9 Å². The third-order valence-electron chi connectivity index (χ3n) is 2.71. The fourth-order valence-corrected chi connectivity index (χ4v) is 1.76. The zero-order valence-corrected chi connectivity index (χ0v) is 14.4. The molecule has 0 heterocycles. The minimum atomic E-state index is -0.717. The van der Waals surface area contributed by atoms with Crippen molar-refractivity contribution in [1.29, 1.82) is 0 Å². The summed E-state index contributed by atoms with van der Waals surface area (Å²) in [5.74, 6) is -0.872. The number of nitrogens with one attached hydrogen (secondary N) is 2. The van der Waals surface area contributed by atoms with Gasteiger partial charge in [0.05, 0.1) is 25.5 Å². The molecule has 2 amide bonds. The third kappa shape index (κ3) is 5.79. The summed E-state index contributed by atoms with van der Waals surface area (Å²) in [5.41, 5.74) is -0.355. The minimum absolute atomic E-state index is 0.141. The molecule has 0 saturated carbocycles. The molecule has 1 aromatic rings. The molecule has 0 fully saturated rings. The van der Waals surface area contributed by atoms with Crippen LogP contribution in [0.2, 0.25) is 0 Å². The number of esters is 1. The van der Waals surface area contributed by atoms with E-state index in [1.165, 1.54) is 20.3 Å². The molecule has 1 rings (SSSR count). The van der Waals surface area contributed by atoms with Crippen molar-refractivity contribution < 1.29 is 28.6 Å². The van der Waals surface area contributed by atoms with Crippen LogP contribution in [0.15, 0.2) is 18.2 Å². The van der Waals surface area contributed by atoms with Crippen LogP contribution in [-0.4, -0.2) is 44.3 Å². The fourth-order valence-electron chi connectivity index (χ4n) is 1.76. The number of carbonyl (C=O) groups is 3. The van der Waals surface area contributed by atoms with Crippen LogP contribution in [-0.2, 0) is 14.3 Å². The highest BCUT2D eigenvalue weighted by Gasteiger charge is 2.20. The van der Waals surface area contributed by atoms with E-state index in [-0.39, 0.29) is 17.8 Å². The number of anilines is 1. The number of para-hydroxylation sites is 1. The molecule has 2 N–H and O–H groups in total. The van der Waals surface area contributed by atoms with Gasteiger partial charge in [-0.2, -0.15) is 0 Å². The van der Waals surface area contributed by atoms with Crippen LogP contribution in [0.5, 0.6) is 5.75 Å². The number of hydrogen-bond acceptors (Lipinski definition) is 6. The van der Waals surface area contributed by atoms with Gasteiger partial charge in [0.1, 0.15) is 17.9 Å². The fraction of sp³-hybridized carbons (Fsp3) is 0.438. The quantitative estimate of drug-likeness (QED) is 0.796. The van der Waals surface area contributed by atoms with Crippen LogP contribution >= 0.6 is 0 Å². The predicted octanol–water partition coefficient (Wildman–Crippen LogP) is 1.94. The first-order valence-corrected chi connectivity index (χ1v) is 7.20. The molecule has 1 aromatic carbocycles. The molecule has 0 aliphatic rings. The van der Waals surface area contributed by atoms with E-state index in [1.807, 2.05) is 0 Å². The molecule has 0 aromatic heterocycles. The average Bonchev–Trinajstić information content (AvgIpc) is 2.50. The van der Waals surface area contributed by atoms with Crippen LogP contribution in [0.3, 0.4) is 0 Å². The van der Waals surface area contributed by atoms with Crippen LogP contribution in [0.25, 0.3) is 0 Å². The Labute approximate surface area is 140 Å². The Morgan fingerprint density at radius 1 is 1.12 bits per heavy atom. The summed E-state index contributed by atoms with van der Waals surface area (Å²) >= 11 is 0. The van der Waals surface area contributed by atoms with Gasteiger partial charge in [0, 0.05) is 0 Å². The average molecular weight is 338 g/mol. The molecule has 0 aliphatic carbocycles. The van der Waals surface area contributed by atoms with Crippen molar-refractivity contribution in [2.24, 2.45) is 0 Å². The summed E-state index contributed by atoms with van der Waals surface area (Å²) in [6, 6.07) is 4.67. The maximum absolute atomic E-state index is 12.0. The van der Waals surface area contributed by atoms with Gasteiger partial charge in [0.25, 0.3) is 0 Å². The minimum Gasteiger partial charge on any atom is -0.495 e. The summed E-state index contributed by atoms with van der Waals surface area (Å²) in [6.45, 7) is 4.81. The highest BCUT2D eigenvalue weighted by molar-refractivity contribution is 6.04. The van der Waals surface area contributed by atoms with Gasteiger partial charge in [0.15, 0.2) is 0 Å². The Kier molecular flexibility index (Phi) is 6.58. The lowest BCUT2D eigenvalue weighted by atomic mass is 10.1. The van der Waals surface area contributed by atoms with Crippen LogP contribution < -0.4 is 15.4 Å². The molecule has 0 aliphatic heterocycles. The third-order valence-corrected chi connectivity index (χ3v) is 2.71. The first kappa shape index (κ1) is 19.3. The van der Waals surface area contributed by atoms with E-state index in [1.54, 1.807) is 32.9 Å². The lowest BCUT2D eigenvalue weighted by Crippen LogP contribution is -2.37. The smallest absolute Gasteiger partial charge is 0.408 e. The van der Waals surface area contributed by atoms with Crippen molar-refractivity contribution in [3.05, 3.63) is 23.8 Å². The zero-order chi connectivity index (χ0) is 18.3. The number of benzene rings is 1. The molecule has 8 heteroatoms. The van der Waals surface area contributed by atoms with E-state index in [2.05, 4.69) is 15.4 Å². The summed E-state index contributed by atoms with van der Waals surface area (Å²) < 4.78 is 14.8. The van der Waals surface area contributed by atoms with Crippen LogP contribution in [0.4, 0.5) is 10.5 Å². The molecular formula is C16H22N2O6. The molecule has 0 unspecified atom stereocenters. The predicted molar refractivity (Wildman–Crippen MR) is 87.2 cm³/mol. The maximum atomic E-state index is 12.0. The number of amides is 2. The molecular weight excluding hydrogens is 316 g/mol. The second-order valence-electron chi connectivity index (χ2n) is 5.78. The number of carbonyl (C=O) groups excluding carboxylic acids is 3. The van der Waals surface area contributed by atoms with Crippen LogP contribution in [0, 0.1) is 0 Å². The Bertz CT molecular complexity index is 621. The maximum Gasteiger partial charge on any atom is 0.408 e. The van der Waals surface area contributed by atoms with Gasteiger partial charge in [-0.25, -0.2) is 9.59 Å². The van der Waals surface area contributed by atoms with Crippen LogP contribution in [0.1, 0.15) is 31.1 Å². The highest BCUT2D eigenvalue weighted by atomic mass is 16.6. The molecule has 8 nitrogen and oxygen atoms in total. The van der Waals surface area contributed by atoms with E-state index in [0.717, 1.165) is 0 Å². The first-order valence-electron chi connectivity index (χ1n) is 7.20. The Morgan fingerprint density at radius 3 is 2.33 bits per heavy atom. The second-order valence-corrected chi connectivity index (χ2v) is 5.78. The molecule has 0 saturated heterocycles. The Balaban J connectivity index is 2.80. The zero-order valence-electron chi connectivity index (χ0n) is 14.4. The summed E-state index contributed by atoms with van der Waals surface area (Å²) in [5, 5.41) is 4.86. The largest absolute Gasteiger partial charge is 0.495 e. The Hall–Kier alpha value is -2.77. The lowest BCUT2D eigenvalue weighted by Gasteiger charge is -2.19. The number of ether oxygens (including phenoxy) is 3. The molecule has 0 spiro atoms. The SMILES string of the molecule is COC(=O)c1cccc(OC)c1NC(=O)CNC(=O)OC(C)(C)C. The molecule has 132 valence electrons. The summed E-state index contributed by atoms with van der Waals surface area (Å²) in [7, 11) is 2.64. The van der Waals surface area contributed by atoms with Crippen molar-refractivity contribution in [3.63, 3.8) is 0 Å². The van der Waals surface area contributed by atoms with Crippen molar-refractivity contribution in [3.8, 4) is 5.75 Å². The van der Waals surface area contributed by atoms with Crippen molar-refractivity contribution in [1.82, 2.24) is 5.32 Å². The number of hydrogen-bond donors (Lipinski definition) is 2. The lowest BCUT2D eigenvalue weighted by molar-refractivity contribution is -0.115. The van der Waals surface area contributed by atoms with Gasteiger partial charge in [0.2, 0.25) is 5.91 Å². The molecule has 0 radical (unpaired) electrons.